The molecule has 0 spiro atoms. The first-order valence-electron chi connectivity index (χ1n) is 14.3. The molecular weight excluding hydrogens is 678 g/mol. The molecule has 0 fully saturated rings. The number of carboxylic acids is 2. The van der Waals surface area contributed by atoms with Crippen molar-refractivity contribution >= 4 is 58.3 Å². The summed E-state index contributed by atoms with van der Waals surface area (Å²) in [5, 5.41) is 42.0. The number of aromatic carboxylic acids is 2. The Bertz CT molecular complexity index is 2100. The average molecular weight is 702 g/mol. The maximum absolute atomic E-state index is 13.0. The number of hydrazone groups is 2. The van der Waals surface area contributed by atoms with E-state index in [2.05, 4.69) is 47.1 Å². The van der Waals surface area contributed by atoms with Crippen molar-refractivity contribution in [2.45, 2.75) is 6.42 Å². The topological polar surface area (TPSA) is 247 Å². The van der Waals surface area contributed by atoms with E-state index in [0.29, 0.717) is 17.2 Å². The molecule has 2 aromatic carbocycles. The van der Waals surface area contributed by atoms with Gasteiger partial charge in [-0.25, -0.2) is 20.1 Å². The fourth-order valence-electron chi connectivity index (χ4n) is 4.66. The van der Waals surface area contributed by atoms with Crippen molar-refractivity contribution in [1.82, 2.24) is 35.9 Å². The van der Waals surface area contributed by atoms with Gasteiger partial charge in [0.05, 0.1) is 36.2 Å². The number of amides is 2. The third-order valence-corrected chi connectivity index (χ3v) is 7.45. The molecule has 20 heteroatoms. The minimum absolute atomic E-state index is 0.0278. The number of methoxy groups -OCH3 is 1. The molecule has 4 heterocycles. The van der Waals surface area contributed by atoms with Crippen LogP contribution in [-0.2, 0) is 11.2 Å². The molecule has 6 rings (SSSR count). The first-order chi connectivity index (χ1) is 24.1. The fourth-order valence-corrected chi connectivity index (χ4v) is 4.92. The lowest BCUT2D eigenvalue weighted by Crippen LogP contribution is -2.40. The summed E-state index contributed by atoms with van der Waals surface area (Å²) < 4.78 is 12.8. The summed E-state index contributed by atoms with van der Waals surface area (Å²) in [5.41, 5.74) is 4.65. The van der Waals surface area contributed by atoms with Crippen LogP contribution in [0.4, 0.5) is 11.4 Å². The summed E-state index contributed by atoms with van der Waals surface area (Å²) in [4.78, 5) is 54.0. The number of rotatable bonds is 12. The summed E-state index contributed by atoms with van der Waals surface area (Å²) in [5.74, 6) is -3.14. The zero-order valence-electron chi connectivity index (χ0n) is 25.6. The van der Waals surface area contributed by atoms with Gasteiger partial charge in [0, 0.05) is 36.0 Å². The monoisotopic (exact) mass is 701 g/mol. The van der Waals surface area contributed by atoms with Gasteiger partial charge in [0.25, 0.3) is 11.8 Å². The highest BCUT2D eigenvalue weighted by Gasteiger charge is 2.24. The highest BCUT2D eigenvalue weighted by Crippen LogP contribution is 2.35. The molecule has 0 saturated heterocycles. The van der Waals surface area contributed by atoms with Crippen molar-refractivity contribution < 1.29 is 38.9 Å². The standard InChI is InChI=1S/C30H24ClN11O8/c1-49-23-11-17(30(47)48)22(34-27(43)19-2-4-25(36-35-19)41-8-7-32-14-41)13-24(23)50-9-6-15-10-16(29(45)46)21(12-18(15)31)33-28(44)20-3-5-26-37-39-40-42(26)38-20/h2-5,7-8,10-14,39-40H,6,9H2,1H3,(H,33,44)(H,34,43)(H,45,46)(H,47,48). The molecule has 2 aliphatic heterocycles. The van der Waals surface area contributed by atoms with Gasteiger partial charge in [-0.2, -0.15) is 5.12 Å². The van der Waals surface area contributed by atoms with E-state index in [0.717, 1.165) is 0 Å². The molecule has 2 aliphatic rings. The highest BCUT2D eigenvalue weighted by atomic mass is 35.5. The smallest absolute Gasteiger partial charge is 0.337 e. The lowest BCUT2D eigenvalue weighted by molar-refractivity contribution is -0.110. The molecule has 2 amide bonds. The van der Waals surface area contributed by atoms with Gasteiger partial charge < -0.3 is 30.3 Å². The number of benzene rings is 2. The number of imidazole rings is 1. The van der Waals surface area contributed by atoms with Crippen LogP contribution >= 0.6 is 11.6 Å². The molecule has 50 heavy (non-hydrogen) atoms. The zero-order valence-corrected chi connectivity index (χ0v) is 26.4. The zero-order chi connectivity index (χ0) is 35.4. The van der Waals surface area contributed by atoms with E-state index < -0.39 is 23.8 Å². The molecule has 0 unspecified atom stereocenters. The Morgan fingerprint density at radius 2 is 1.70 bits per heavy atom. The minimum atomic E-state index is -1.35. The van der Waals surface area contributed by atoms with Crippen LogP contribution < -0.4 is 31.2 Å². The summed E-state index contributed by atoms with van der Waals surface area (Å²) >= 11 is 6.48. The fraction of sp³-hybridized carbons (Fsp3) is 0.100. The molecule has 4 aromatic rings. The maximum Gasteiger partial charge on any atom is 0.337 e. The molecule has 0 bridgehead atoms. The number of carboxylic acid groups (broad SMARTS) is 2. The van der Waals surface area contributed by atoms with E-state index in [9.17, 15) is 29.4 Å². The number of hydrogen-bond donors (Lipinski definition) is 6. The molecule has 0 radical (unpaired) electrons. The number of nitrogens with zero attached hydrogens (tertiary/aromatic N) is 7. The lowest BCUT2D eigenvalue weighted by atomic mass is 10.1. The number of carbonyl (C=O) groups is 4. The van der Waals surface area contributed by atoms with Crippen LogP contribution in [0.15, 0.2) is 77.5 Å². The van der Waals surface area contributed by atoms with Crippen LogP contribution in [0.2, 0.25) is 5.02 Å². The molecular formula is C30H24ClN11O8. The van der Waals surface area contributed by atoms with Gasteiger partial charge in [-0.05, 0) is 42.0 Å². The molecule has 6 N–H and O–H groups in total. The van der Waals surface area contributed by atoms with Crippen LogP contribution in [0.5, 0.6) is 11.5 Å². The molecule has 0 aliphatic carbocycles. The van der Waals surface area contributed by atoms with Crippen LogP contribution in [0.25, 0.3) is 5.82 Å². The predicted molar refractivity (Wildman–Crippen MR) is 175 cm³/mol. The van der Waals surface area contributed by atoms with E-state index in [1.807, 2.05) is 0 Å². The van der Waals surface area contributed by atoms with E-state index in [1.54, 1.807) is 23.0 Å². The number of ether oxygens (including phenoxy) is 2. The number of amidine groups is 1. The number of hydrazine groups is 2. The largest absolute Gasteiger partial charge is 0.493 e. The van der Waals surface area contributed by atoms with Gasteiger partial charge in [-0.1, -0.05) is 11.6 Å². The molecule has 2 aromatic heterocycles. The summed E-state index contributed by atoms with van der Waals surface area (Å²) in [7, 11) is 1.31. The summed E-state index contributed by atoms with van der Waals surface area (Å²) in [6, 6.07) is 8.02. The number of fused-ring (bicyclic) bond motifs is 1. The lowest BCUT2D eigenvalue weighted by Gasteiger charge is -2.17. The summed E-state index contributed by atoms with van der Waals surface area (Å²) in [6.07, 6.45) is 7.75. The third kappa shape index (κ3) is 7.02. The van der Waals surface area contributed by atoms with Crippen LogP contribution in [0.3, 0.4) is 0 Å². The van der Waals surface area contributed by atoms with Crippen molar-refractivity contribution in [3.05, 3.63) is 94.7 Å². The van der Waals surface area contributed by atoms with Crippen LogP contribution in [-0.4, -0.2) is 84.1 Å². The molecule has 19 nitrogen and oxygen atoms in total. The van der Waals surface area contributed by atoms with Crippen molar-refractivity contribution in [1.29, 1.82) is 0 Å². The number of nitrogens with one attached hydrogen (secondary N) is 4. The average Bonchev–Trinajstić information content (AvgIpc) is 3.82. The number of aromatic nitrogens is 4. The van der Waals surface area contributed by atoms with Crippen molar-refractivity contribution in [3.8, 4) is 17.3 Å². The van der Waals surface area contributed by atoms with Gasteiger partial charge in [0.2, 0.25) is 0 Å². The van der Waals surface area contributed by atoms with Crippen molar-refractivity contribution in [3.63, 3.8) is 0 Å². The Morgan fingerprint density at radius 3 is 2.40 bits per heavy atom. The second-order valence-electron chi connectivity index (χ2n) is 10.2. The maximum atomic E-state index is 13.0. The Balaban J connectivity index is 1.16. The van der Waals surface area contributed by atoms with E-state index >= 15 is 0 Å². The van der Waals surface area contributed by atoms with Crippen LogP contribution in [0, 0.1) is 0 Å². The Kier molecular flexibility index (Phi) is 9.32. The quantitative estimate of drug-likeness (QED) is 0.124. The van der Waals surface area contributed by atoms with Gasteiger partial charge in [0.1, 0.15) is 6.33 Å². The Morgan fingerprint density at radius 1 is 0.940 bits per heavy atom. The first kappa shape index (κ1) is 33.1. The SMILES string of the molecule is COc1cc(C(=O)O)c(NC(=O)c2ccc(-n3ccnc3)nn2)cc1OCCc1cc(C(=O)O)c(NC(=O)C2=NN3NNN=C3C=C2)cc1Cl. The van der Waals surface area contributed by atoms with Crippen molar-refractivity contribution in [2.75, 3.05) is 24.4 Å². The predicted octanol–water partition coefficient (Wildman–Crippen LogP) is 2.10. The number of halogens is 1. The van der Waals surface area contributed by atoms with Gasteiger partial charge in [-0.3, -0.25) is 14.2 Å². The van der Waals surface area contributed by atoms with Gasteiger partial charge >= 0.3 is 11.9 Å². The Hall–Kier alpha value is -6.86. The van der Waals surface area contributed by atoms with E-state index in [-0.39, 0.29) is 63.5 Å². The highest BCUT2D eigenvalue weighted by molar-refractivity contribution is 6.48. The summed E-state index contributed by atoms with van der Waals surface area (Å²) in [6.45, 7) is -0.0792. The Labute approximate surface area is 285 Å². The minimum Gasteiger partial charge on any atom is -0.493 e. The normalized spacial score (nSPS) is 13.0. The van der Waals surface area contributed by atoms with Crippen LogP contribution in [0.1, 0.15) is 36.8 Å². The molecule has 0 atom stereocenters. The third-order valence-electron chi connectivity index (χ3n) is 7.10. The number of hydrogen-bond acceptors (Lipinski definition) is 14. The molecule has 0 saturated carbocycles. The van der Waals surface area contributed by atoms with E-state index in [1.165, 1.54) is 61.0 Å². The van der Waals surface area contributed by atoms with Crippen molar-refractivity contribution in [2.24, 2.45) is 10.2 Å². The second kappa shape index (κ2) is 14.1. The van der Waals surface area contributed by atoms with Gasteiger partial charge in [-0.15, -0.1) is 25.9 Å². The molecule has 254 valence electrons. The first-order valence-corrected chi connectivity index (χ1v) is 14.7. The number of anilines is 2. The van der Waals surface area contributed by atoms with E-state index in [4.69, 9.17) is 21.1 Å². The van der Waals surface area contributed by atoms with Gasteiger partial charge in [0.15, 0.2) is 34.6 Å². The second-order valence-corrected chi connectivity index (χ2v) is 10.6. The number of carbonyl (C=O) groups excluding carboxylic acids is 2.